The Balaban J connectivity index is 1.32. The third-order valence-electron chi connectivity index (χ3n) is 4.65. The van der Waals surface area contributed by atoms with Gasteiger partial charge in [0.25, 0.3) is 5.91 Å². The van der Waals surface area contributed by atoms with Gasteiger partial charge in [0.1, 0.15) is 5.58 Å². The Morgan fingerprint density at radius 2 is 1.77 bits per heavy atom. The van der Waals surface area contributed by atoms with E-state index in [0.29, 0.717) is 17.0 Å². The first kappa shape index (κ1) is 20.6. The summed E-state index contributed by atoms with van der Waals surface area (Å²) in [4.78, 5) is 48.5. The minimum Gasteiger partial charge on any atom is -0.450 e. The highest BCUT2D eigenvalue weighted by atomic mass is 79.9. The molecule has 1 saturated heterocycles. The van der Waals surface area contributed by atoms with E-state index in [4.69, 9.17) is 4.42 Å². The van der Waals surface area contributed by atoms with Gasteiger partial charge in [-0.25, -0.2) is 4.79 Å². The fraction of sp³-hybridized carbons (Fsp3) is 0.143. The summed E-state index contributed by atoms with van der Waals surface area (Å²) in [5.41, 5.74) is 1.65. The molecule has 9 nitrogen and oxygen atoms in total. The topological polar surface area (TPSA) is 121 Å². The Labute approximate surface area is 184 Å². The van der Waals surface area contributed by atoms with Crippen LogP contribution in [0.5, 0.6) is 0 Å². The monoisotopic (exact) mass is 484 g/mol. The Morgan fingerprint density at radius 3 is 2.42 bits per heavy atom. The summed E-state index contributed by atoms with van der Waals surface area (Å²) in [6.45, 7) is -0.0306. The number of amides is 5. The molecule has 0 saturated carbocycles. The SMILES string of the molecule is O=C(CCN1C(=O)CNC1=O)Nc1ccc(NC(=O)c2cc3cccc(Br)c3o2)cc1. The predicted octanol–water partition coefficient (Wildman–Crippen LogP) is 3.33. The lowest BCUT2D eigenvalue weighted by molar-refractivity contribution is -0.125. The number of carbonyl (C=O) groups excluding carboxylic acids is 4. The molecule has 158 valence electrons. The van der Waals surface area contributed by atoms with Crippen LogP contribution in [0.15, 0.2) is 57.4 Å². The van der Waals surface area contributed by atoms with E-state index >= 15 is 0 Å². The number of rotatable bonds is 6. The van der Waals surface area contributed by atoms with E-state index in [1.54, 1.807) is 30.3 Å². The van der Waals surface area contributed by atoms with Crippen molar-refractivity contribution in [2.45, 2.75) is 6.42 Å². The van der Waals surface area contributed by atoms with Crippen LogP contribution in [0.3, 0.4) is 0 Å². The summed E-state index contributed by atoms with van der Waals surface area (Å²) in [7, 11) is 0. The van der Waals surface area contributed by atoms with E-state index in [1.165, 1.54) is 0 Å². The summed E-state index contributed by atoms with van der Waals surface area (Å²) in [6, 6.07) is 13.3. The lowest BCUT2D eigenvalue weighted by atomic mass is 10.2. The standard InChI is InChI=1S/C21H17BrN4O5/c22-15-3-1-2-12-10-16(31-19(12)15)20(29)25-14-6-4-13(5-7-14)24-17(27)8-9-26-18(28)11-23-21(26)30/h1-7,10H,8-9,11H2,(H,23,30)(H,24,27)(H,25,29). The number of imide groups is 1. The van der Waals surface area contributed by atoms with Crippen LogP contribution in [0.4, 0.5) is 16.2 Å². The van der Waals surface area contributed by atoms with Gasteiger partial charge < -0.3 is 20.4 Å². The van der Waals surface area contributed by atoms with Gasteiger partial charge in [-0.2, -0.15) is 0 Å². The van der Waals surface area contributed by atoms with E-state index in [1.807, 2.05) is 18.2 Å². The van der Waals surface area contributed by atoms with Crippen molar-refractivity contribution in [3.05, 3.63) is 58.8 Å². The van der Waals surface area contributed by atoms with Crippen LogP contribution in [0.1, 0.15) is 17.0 Å². The zero-order chi connectivity index (χ0) is 22.0. The molecule has 2 heterocycles. The number of nitrogens with one attached hydrogen (secondary N) is 3. The molecule has 0 aliphatic carbocycles. The molecular formula is C21H17BrN4O5. The number of nitrogens with zero attached hydrogens (tertiary/aromatic N) is 1. The van der Waals surface area contributed by atoms with E-state index in [-0.39, 0.29) is 37.1 Å². The second-order valence-electron chi connectivity index (χ2n) is 6.80. The van der Waals surface area contributed by atoms with Crippen molar-refractivity contribution in [3.63, 3.8) is 0 Å². The Morgan fingerprint density at radius 1 is 1.06 bits per heavy atom. The van der Waals surface area contributed by atoms with Crippen LogP contribution >= 0.6 is 15.9 Å². The van der Waals surface area contributed by atoms with Crippen molar-refractivity contribution >= 4 is 62.0 Å². The van der Waals surface area contributed by atoms with Gasteiger partial charge in [0.05, 0.1) is 11.0 Å². The van der Waals surface area contributed by atoms with Crippen molar-refractivity contribution in [3.8, 4) is 0 Å². The van der Waals surface area contributed by atoms with Crippen LogP contribution in [-0.2, 0) is 9.59 Å². The second kappa shape index (κ2) is 8.60. The maximum absolute atomic E-state index is 12.5. The van der Waals surface area contributed by atoms with Gasteiger partial charge in [-0.15, -0.1) is 0 Å². The molecular weight excluding hydrogens is 468 g/mol. The third-order valence-corrected chi connectivity index (χ3v) is 5.27. The largest absolute Gasteiger partial charge is 0.450 e. The molecule has 4 rings (SSSR count). The zero-order valence-corrected chi connectivity index (χ0v) is 17.7. The molecule has 2 aromatic carbocycles. The van der Waals surface area contributed by atoms with Crippen LogP contribution in [0, 0.1) is 0 Å². The molecule has 3 N–H and O–H groups in total. The van der Waals surface area contributed by atoms with E-state index in [0.717, 1.165) is 14.8 Å². The first-order valence-corrected chi connectivity index (χ1v) is 10.2. The average Bonchev–Trinajstić information content (AvgIpc) is 3.32. The molecule has 3 aromatic rings. The highest BCUT2D eigenvalue weighted by molar-refractivity contribution is 9.10. The first-order chi connectivity index (χ1) is 14.9. The highest BCUT2D eigenvalue weighted by Crippen LogP contribution is 2.27. The molecule has 5 amide bonds. The second-order valence-corrected chi connectivity index (χ2v) is 7.66. The number of benzene rings is 2. The molecule has 31 heavy (non-hydrogen) atoms. The number of carbonyl (C=O) groups is 4. The fourth-order valence-corrected chi connectivity index (χ4v) is 3.55. The third kappa shape index (κ3) is 4.58. The summed E-state index contributed by atoms with van der Waals surface area (Å²) >= 11 is 3.39. The molecule has 0 spiro atoms. The van der Waals surface area contributed by atoms with E-state index in [9.17, 15) is 19.2 Å². The van der Waals surface area contributed by atoms with Gasteiger partial charge in [-0.3, -0.25) is 19.3 Å². The predicted molar refractivity (Wildman–Crippen MR) is 117 cm³/mol. The lowest BCUT2D eigenvalue weighted by Gasteiger charge is -2.12. The Hall–Kier alpha value is -3.66. The summed E-state index contributed by atoms with van der Waals surface area (Å²) in [6.07, 6.45) is -0.0146. The molecule has 1 aliphatic rings. The molecule has 0 bridgehead atoms. The number of hydrogen-bond donors (Lipinski definition) is 3. The normalized spacial score (nSPS) is 13.4. The van der Waals surface area contributed by atoms with Crippen molar-refractivity contribution in [1.82, 2.24) is 10.2 Å². The first-order valence-electron chi connectivity index (χ1n) is 9.38. The van der Waals surface area contributed by atoms with Gasteiger partial charge in [0.2, 0.25) is 11.8 Å². The van der Waals surface area contributed by atoms with Crippen molar-refractivity contribution < 1.29 is 23.6 Å². The van der Waals surface area contributed by atoms with Gasteiger partial charge in [0, 0.05) is 29.7 Å². The van der Waals surface area contributed by atoms with Crippen LogP contribution < -0.4 is 16.0 Å². The highest BCUT2D eigenvalue weighted by Gasteiger charge is 2.28. The molecule has 1 aliphatic heterocycles. The van der Waals surface area contributed by atoms with Crippen molar-refractivity contribution in [2.75, 3.05) is 23.7 Å². The minimum absolute atomic E-state index is 0.0122. The Kier molecular flexibility index (Phi) is 5.72. The maximum Gasteiger partial charge on any atom is 0.324 e. The quantitative estimate of drug-likeness (QED) is 0.463. The molecule has 1 fully saturated rings. The Bertz CT molecular complexity index is 1170. The van der Waals surface area contributed by atoms with Gasteiger partial charge >= 0.3 is 6.03 Å². The van der Waals surface area contributed by atoms with Crippen LogP contribution in [0.25, 0.3) is 11.0 Å². The molecule has 0 atom stereocenters. The number of para-hydroxylation sites is 1. The summed E-state index contributed by atoms with van der Waals surface area (Å²) < 4.78 is 6.38. The van der Waals surface area contributed by atoms with Crippen LogP contribution in [0.2, 0.25) is 0 Å². The molecule has 0 unspecified atom stereocenters. The zero-order valence-electron chi connectivity index (χ0n) is 16.1. The fourth-order valence-electron chi connectivity index (χ4n) is 3.09. The number of fused-ring (bicyclic) bond motifs is 1. The van der Waals surface area contributed by atoms with Crippen molar-refractivity contribution in [1.29, 1.82) is 0 Å². The summed E-state index contributed by atoms with van der Waals surface area (Å²) in [5.74, 6) is -0.903. The van der Waals surface area contributed by atoms with Crippen LogP contribution in [-0.4, -0.2) is 41.7 Å². The molecule has 10 heteroatoms. The summed E-state index contributed by atoms with van der Waals surface area (Å²) in [5, 5.41) is 8.64. The lowest BCUT2D eigenvalue weighted by Crippen LogP contribution is -2.33. The smallest absolute Gasteiger partial charge is 0.324 e. The average molecular weight is 485 g/mol. The minimum atomic E-state index is -0.491. The number of furan rings is 1. The number of halogens is 1. The van der Waals surface area contributed by atoms with E-state index < -0.39 is 11.9 Å². The molecule has 0 radical (unpaired) electrons. The number of anilines is 2. The van der Waals surface area contributed by atoms with E-state index in [2.05, 4.69) is 31.9 Å². The van der Waals surface area contributed by atoms with Gasteiger partial charge in [-0.1, -0.05) is 12.1 Å². The number of hydrogen-bond acceptors (Lipinski definition) is 5. The number of urea groups is 1. The maximum atomic E-state index is 12.5. The van der Waals surface area contributed by atoms with Crippen molar-refractivity contribution in [2.24, 2.45) is 0 Å². The van der Waals surface area contributed by atoms with Gasteiger partial charge in [-0.05, 0) is 52.3 Å². The van der Waals surface area contributed by atoms with Gasteiger partial charge in [0.15, 0.2) is 5.76 Å². The molecule has 1 aromatic heterocycles.